The zero-order chi connectivity index (χ0) is 15.8. The average Bonchev–Trinajstić information content (AvgIpc) is 2.71. The highest BCUT2D eigenvalue weighted by atomic mass is 35.5. The zero-order valence-electron chi connectivity index (χ0n) is 11.8. The minimum absolute atomic E-state index is 0.142. The molecule has 6 heteroatoms. The standard InChI is InChI=1S/C15H14Cl2O3S/c1-15(2,3)11(18)7-20-14(19)13-12(17)9-5-4-8(16)6-10(9)21-13/h4-6H,7H2,1-3H3. The SMILES string of the molecule is CC(C)(C)C(=O)COC(=O)c1sc2cc(Cl)ccc2c1Cl. The molecule has 112 valence electrons. The second kappa shape index (κ2) is 5.95. The summed E-state index contributed by atoms with van der Waals surface area (Å²) in [5.74, 6) is -0.731. The maximum Gasteiger partial charge on any atom is 0.350 e. The fourth-order valence-corrected chi connectivity index (χ4v) is 3.26. The third-order valence-corrected chi connectivity index (χ3v) is 4.82. The molecule has 0 bridgehead atoms. The van der Waals surface area contributed by atoms with E-state index < -0.39 is 11.4 Å². The van der Waals surface area contributed by atoms with Gasteiger partial charge in [-0.15, -0.1) is 11.3 Å². The Morgan fingerprint density at radius 2 is 1.90 bits per heavy atom. The number of fused-ring (bicyclic) bond motifs is 1. The highest BCUT2D eigenvalue weighted by Gasteiger charge is 2.24. The second-order valence-corrected chi connectivity index (χ2v) is 7.50. The van der Waals surface area contributed by atoms with Crippen LogP contribution in [0.25, 0.3) is 10.1 Å². The van der Waals surface area contributed by atoms with E-state index in [0.29, 0.717) is 10.0 Å². The third kappa shape index (κ3) is 3.57. The summed E-state index contributed by atoms with van der Waals surface area (Å²) >= 11 is 13.3. The number of Topliss-reactive ketones (excluding diaryl/α,β-unsaturated/α-hetero) is 1. The number of rotatable bonds is 3. The van der Waals surface area contributed by atoms with Crippen LogP contribution in [0.15, 0.2) is 18.2 Å². The maximum absolute atomic E-state index is 12.1. The fraction of sp³-hybridized carbons (Fsp3) is 0.333. The van der Waals surface area contributed by atoms with E-state index in [2.05, 4.69) is 0 Å². The number of benzene rings is 1. The number of halogens is 2. The molecule has 0 saturated carbocycles. The number of carbonyl (C=O) groups is 2. The molecule has 1 heterocycles. The van der Waals surface area contributed by atoms with Crippen molar-refractivity contribution in [2.75, 3.05) is 6.61 Å². The van der Waals surface area contributed by atoms with E-state index in [9.17, 15) is 9.59 Å². The molecule has 0 fully saturated rings. The molecule has 2 rings (SSSR count). The number of hydrogen-bond donors (Lipinski definition) is 0. The Hall–Kier alpha value is -1.10. The number of ether oxygens (including phenoxy) is 1. The van der Waals surface area contributed by atoms with Crippen molar-refractivity contribution < 1.29 is 14.3 Å². The van der Waals surface area contributed by atoms with E-state index in [1.54, 1.807) is 39.0 Å². The summed E-state index contributed by atoms with van der Waals surface area (Å²) in [5.41, 5.74) is -0.544. The van der Waals surface area contributed by atoms with Gasteiger partial charge in [-0.3, -0.25) is 4.79 Å². The van der Waals surface area contributed by atoms with Gasteiger partial charge in [0.1, 0.15) is 4.88 Å². The summed E-state index contributed by atoms with van der Waals surface area (Å²) in [7, 11) is 0. The van der Waals surface area contributed by atoms with Crippen LogP contribution < -0.4 is 0 Å². The van der Waals surface area contributed by atoms with E-state index in [1.165, 1.54) is 11.3 Å². The van der Waals surface area contributed by atoms with Crippen LogP contribution in [0.1, 0.15) is 30.4 Å². The van der Waals surface area contributed by atoms with Crippen molar-refractivity contribution in [2.45, 2.75) is 20.8 Å². The van der Waals surface area contributed by atoms with Crippen molar-refractivity contribution >= 4 is 56.4 Å². The molecular formula is C15H14Cl2O3S. The van der Waals surface area contributed by atoms with Crippen LogP contribution >= 0.6 is 34.5 Å². The summed E-state index contributed by atoms with van der Waals surface area (Å²) in [6.07, 6.45) is 0. The van der Waals surface area contributed by atoms with Gasteiger partial charge in [0, 0.05) is 20.5 Å². The van der Waals surface area contributed by atoms with Crippen molar-refractivity contribution in [2.24, 2.45) is 5.41 Å². The zero-order valence-corrected chi connectivity index (χ0v) is 14.2. The van der Waals surface area contributed by atoms with Crippen molar-refractivity contribution in [3.8, 4) is 0 Å². The number of carbonyl (C=O) groups excluding carboxylic acids is 2. The largest absolute Gasteiger partial charge is 0.453 e. The van der Waals surface area contributed by atoms with Crippen molar-refractivity contribution in [1.82, 2.24) is 0 Å². The molecule has 21 heavy (non-hydrogen) atoms. The van der Waals surface area contributed by atoms with E-state index in [-0.39, 0.29) is 17.3 Å². The van der Waals surface area contributed by atoms with Crippen LogP contribution in [0.5, 0.6) is 0 Å². The normalized spacial score (nSPS) is 11.7. The van der Waals surface area contributed by atoms with E-state index in [4.69, 9.17) is 27.9 Å². The first-order valence-corrected chi connectivity index (χ1v) is 7.85. The monoisotopic (exact) mass is 344 g/mol. The first-order chi connectivity index (χ1) is 9.70. The molecule has 0 saturated heterocycles. The minimum Gasteiger partial charge on any atom is -0.453 e. The van der Waals surface area contributed by atoms with Crippen molar-refractivity contribution in [3.05, 3.63) is 33.1 Å². The Labute approximate surface area is 136 Å². The van der Waals surface area contributed by atoms with Gasteiger partial charge in [-0.25, -0.2) is 4.79 Å². The summed E-state index contributed by atoms with van der Waals surface area (Å²) in [4.78, 5) is 24.1. The van der Waals surface area contributed by atoms with Crippen molar-refractivity contribution in [1.29, 1.82) is 0 Å². The lowest BCUT2D eigenvalue weighted by molar-refractivity contribution is -0.129. The lowest BCUT2D eigenvalue weighted by Crippen LogP contribution is -2.26. The number of ketones is 1. The van der Waals surface area contributed by atoms with E-state index in [0.717, 1.165) is 10.1 Å². The molecule has 0 aliphatic rings. The molecule has 1 aromatic carbocycles. The van der Waals surface area contributed by atoms with Gasteiger partial charge >= 0.3 is 5.97 Å². The molecular weight excluding hydrogens is 331 g/mol. The number of thiophene rings is 1. The topological polar surface area (TPSA) is 43.4 Å². The Bertz CT molecular complexity index is 714. The molecule has 0 aliphatic carbocycles. The molecule has 0 unspecified atom stereocenters. The van der Waals surface area contributed by atoms with Gasteiger partial charge < -0.3 is 4.74 Å². The Balaban J connectivity index is 2.20. The van der Waals surface area contributed by atoms with E-state index >= 15 is 0 Å². The van der Waals surface area contributed by atoms with Crippen LogP contribution in [0.3, 0.4) is 0 Å². The van der Waals surface area contributed by atoms with Crippen LogP contribution in [0.2, 0.25) is 10.0 Å². The molecule has 3 nitrogen and oxygen atoms in total. The average molecular weight is 345 g/mol. The molecule has 0 atom stereocenters. The minimum atomic E-state index is -0.588. The van der Waals surface area contributed by atoms with Crippen LogP contribution in [-0.2, 0) is 9.53 Å². The maximum atomic E-state index is 12.1. The first-order valence-electron chi connectivity index (χ1n) is 6.28. The second-order valence-electron chi connectivity index (χ2n) is 5.63. The fourth-order valence-electron chi connectivity index (χ4n) is 1.58. The molecule has 2 aromatic rings. The van der Waals surface area contributed by atoms with Gasteiger partial charge in [0.25, 0.3) is 0 Å². The highest BCUT2D eigenvalue weighted by Crippen LogP contribution is 2.37. The summed E-state index contributed by atoms with van der Waals surface area (Å²) in [6, 6.07) is 5.21. The predicted octanol–water partition coefficient (Wildman–Crippen LogP) is 4.98. The molecule has 0 radical (unpaired) electrons. The van der Waals surface area contributed by atoms with Gasteiger partial charge in [0.2, 0.25) is 0 Å². The van der Waals surface area contributed by atoms with Gasteiger partial charge in [0.15, 0.2) is 12.4 Å². The smallest absolute Gasteiger partial charge is 0.350 e. The van der Waals surface area contributed by atoms with Gasteiger partial charge in [0.05, 0.1) is 5.02 Å². The summed E-state index contributed by atoms with van der Waals surface area (Å²) < 4.78 is 5.87. The van der Waals surface area contributed by atoms with Crippen molar-refractivity contribution in [3.63, 3.8) is 0 Å². The Morgan fingerprint density at radius 3 is 2.52 bits per heavy atom. The van der Waals surface area contributed by atoms with Gasteiger partial charge in [-0.05, 0) is 12.1 Å². The molecule has 1 aromatic heterocycles. The molecule has 0 aliphatic heterocycles. The number of hydrogen-bond acceptors (Lipinski definition) is 4. The van der Waals surface area contributed by atoms with Gasteiger partial charge in [-0.2, -0.15) is 0 Å². The first kappa shape index (κ1) is 16.3. The molecule has 0 spiro atoms. The van der Waals surface area contributed by atoms with E-state index in [1.807, 2.05) is 0 Å². The van der Waals surface area contributed by atoms with Crippen LogP contribution in [0.4, 0.5) is 0 Å². The lowest BCUT2D eigenvalue weighted by atomic mass is 9.91. The van der Waals surface area contributed by atoms with Gasteiger partial charge in [-0.1, -0.05) is 50.0 Å². The Morgan fingerprint density at radius 1 is 1.24 bits per heavy atom. The molecule has 0 amide bonds. The molecule has 0 N–H and O–H groups in total. The third-order valence-electron chi connectivity index (χ3n) is 2.95. The summed E-state index contributed by atoms with van der Waals surface area (Å²) in [5, 5.41) is 1.66. The summed E-state index contributed by atoms with van der Waals surface area (Å²) in [6.45, 7) is 5.07. The number of esters is 1. The Kier molecular flexibility index (Phi) is 4.61. The highest BCUT2D eigenvalue weighted by molar-refractivity contribution is 7.21. The lowest BCUT2D eigenvalue weighted by Gasteiger charge is -2.15. The predicted molar refractivity (Wildman–Crippen MR) is 86.6 cm³/mol. The quantitative estimate of drug-likeness (QED) is 0.737. The van der Waals surface area contributed by atoms with Crippen LogP contribution in [0, 0.1) is 5.41 Å². The van der Waals surface area contributed by atoms with Crippen LogP contribution in [-0.4, -0.2) is 18.4 Å².